The van der Waals surface area contributed by atoms with Crippen molar-refractivity contribution in [2.24, 2.45) is 0 Å². The summed E-state index contributed by atoms with van der Waals surface area (Å²) in [5, 5.41) is 4.45. The van der Waals surface area contributed by atoms with E-state index in [4.69, 9.17) is 4.74 Å². The monoisotopic (exact) mass is 428 g/mol. The largest absolute Gasteiger partial charge is 0.489 e. The molecule has 0 aliphatic heterocycles. The molecule has 1 heterocycles. The van der Waals surface area contributed by atoms with E-state index in [2.05, 4.69) is 75.7 Å². The number of hydrogen-bond donors (Lipinski definition) is 2. The molecule has 0 aliphatic carbocycles. The van der Waals surface area contributed by atoms with Crippen LogP contribution < -0.4 is 10.1 Å². The lowest BCUT2D eigenvalue weighted by atomic mass is 10.0. The van der Waals surface area contributed by atoms with Crippen molar-refractivity contribution in [1.29, 1.82) is 0 Å². The van der Waals surface area contributed by atoms with Gasteiger partial charge >= 0.3 is 5.97 Å². The molecule has 5 nitrogen and oxygen atoms in total. The van der Waals surface area contributed by atoms with Crippen LogP contribution in [-0.4, -0.2) is 31.2 Å². The van der Waals surface area contributed by atoms with Crippen LogP contribution in [0.3, 0.4) is 0 Å². The number of ether oxygens (including phenoxy) is 2. The molecule has 0 bridgehead atoms. The normalized spacial score (nSPS) is 10.9. The number of aromatic amines is 1. The van der Waals surface area contributed by atoms with Gasteiger partial charge in [0, 0.05) is 23.6 Å². The van der Waals surface area contributed by atoms with Crippen molar-refractivity contribution < 1.29 is 14.3 Å². The molecule has 1 aromatic heterocycles. The Hall–Kier alpha value is -3.57. The van der Waals surface area contributed by atoms with Gasteiger partial charge in [-0.15, -0.1) is 0 Å². The van der Waals surface area contributed by atoms with Gasteiger partial charge in [-0.3, -0.25) is 4.79 Å². The van der Waals surface area contributed by atoms with Gasteiger partial charge in [0.15, 0.2) is 0 Å². The number of nitrogens with one attached hydrogen (secondary N) is 2. The maximum absolute atomic E-state index is 11.2. The van der Waals surface area contributed by atoms with E-state index < -0.39 is 0 Å². The molecule has 32 heavy (non-hydrogen) atoms. The van der Waals surface area contributed by atoms with E-state index in [1.54, 1.807) is 0 Å². The Morgan fingerprint density at radius 3 is 2.50 bits per heavy atom. The molecule has 3 aromatic carbocycles. The number of esters is 1. The number of fused-ring (bicyclic) bond motifs is 1. The SMILES string of the molecule is COC(=O)CCNCCc1c[nH]c2ccc(OCc3ccc(-c4ccccc4)cc3)cc12. The van der Waals surface area contributed by atoms with Gasteiger partial charge in [-0.05, 0) is 53.4 Å². The fraction of sp³-hybridized carbons (Fsp3) is 0.222. The summed E-state index contributed by atoms with van der Waals surface area (Å²) in [5.41, 5.74) is 5.87. The third-order valence-electron chi connectivity index (χ3n) is 5.51. The van der Waals surface area contributed by atoms with E-state index in [0.717, 1.165) is 35.2 Å². The Kier molecular flexibility index (Phi) is 7.20. The second-order valence-corrected chi connectivity index (χ2v) is 7.70. The average Bonchev–Trinajstić information content (AvgIpc) is 3.25. The molecule has 0 saturated heterocycles. The first-order valence-corrected chi connectivity index (χ1v) is 10.9. The first-order chi connectivity index (χ1) is 15.7. The maximum atomic E-state index is 11.2. The third-order valence-corrected chi connectivity index (χ3v) is 5.51. The Balaban J connectivity index is 1.33. The van der Waals surface area contributed by atoms with Gasteiger partial charge in [0.25, 0.3) is 0 Å². The highest BCUT2D eigenvalue weighted by Crippen LogP contribution is 2.25. The van der Waals surface area contributed by atoms with Crippen LogP contribution >= 0.6 is 0 Å². The van der Waals surface area contributed by atoms with Crippen molar-refractivity contribution in [3.8, 4) is 16.9 Å². The van der Waals surface area contributed by atoms with Crippen LogP contribution in [0, 0.1) is 0 Å². The molecule has 164 valence electrons. The van der Waals surface area contributed by atoms with Crippen molar-refractivity contribution in [1.82, 2.24) is 10.3 Å². The summed E-state index contributed by atoms with van der Waals surface area (Å²) in [4.78, 5) is 14.5. The average molecular weight is 429 g/mol. The topological polar surface area (TPSA) is 63.3 Å². The lowest BCUT2D eigenvalue weighted by Crippen LogP contribution is -2.21. The zero-order valence-corrected chi connectivity index (χ0v) is 18.3. The van der Waals surface area contributed by atoms with Crippen LogP contribution in [0.25, 0.3) is 22.0 Å². The fourth-order valence-corrected chi connectivity index (χ4v) is 3.69. The van der Waals surface area contributed by atoms with E-state index in [1.807, 2.05) is 18.3 Å². The zero-order valence-electron chi connectivity index (χ0n) is 18.3. The van der Waals surface area contributed by atoms with E-state index in [1.165, 1.54) is 23.8 Å². The highest BCUT2D eigenvalue weighted by molar-refractivity contribution is 5.84. The van der Waals surface area contributed by atoms with Crippen LogP contribution in [0.4, 0.5) is 0 Å². The fourth-order valence-electron chi connectivity index (χ4n) is 3.69. The van der Waals surface area contributed by atoms with Crippen molar-refractivity contribution in [2.75, 3.05) is 20.2 Å². The zero-order chi connectivity index (χ0) is 22.2. The lowest BCUT2D eigenvalue weighted by Gasteiger charge is -2.09. The molecule has 0 unspecified atom stereocenters. The van der Waals surface area contributed by atoms with E-state index in [0.29, 0.717) is 19.6 Å². The van der Waals surface area contributed by atoms with Crippen LogP contribution in [0.15, 0.2) is 79.0 Å². The predicted molar refractivity (Wildman–Crippen MR) is 128 cm³/mol. The number of aromatic nitrogens is 1. The molecule has 0 amide bonds. The molecule has 0 radical (unpaired) electrons. The second-order valence-electron chi connectivity index (χ2n) is 7.70. The number of hydrogen-bond acceptors (Lipinski definition) is 4. The van der Waals surface area contributed by atoms with E-state index in [9.17, 15) is 4.79 Å². The molecule has 5 heteroatoms. The van der Waals surface area contributed by atoms with Gasteiger partial charge in [-0.25, -0.2) is 0 Å². The van der Waals surface area contributed by atoms with E-state index in [-0.39, 0.29) is 5.97 Å². The quantitative estimate of drug-likeness (QED) is 0.272. The number of methoxy groups -OCH3 is 1. The summed E-state index contributed by atoms with van der Waals surface area (Å²) in [7, 11) is 1.41. The highest BCUT2D eigenvalue weighted by Gasteiger charge is 2.07. The van der Waals surface area contributed by atoms with Crippen molar-refractivity contribution in [3.63, 3.8) is 0 Å². The first kappa shape index (κ1) is 21.7. The van der Waals surface area contributed by atoms with E-state index >= 15 is 0 Å². The van der Waals surface area contributed by atoms with Gasteiger partial charge in [0.05, 0.1) is 13.5 Å². The van der Waals surface area contributed by atoms with Crippen LogP contribution in [0.5, 0.6) is 5.75 Å². The summed E-state index contributed by atoms with van der Waals surface area (Å²) in [6.07, 6.45) is 3.29. The van der Waals surface area contributed by atoms with Gasteiger partial charge in [-0.1, -0.05) is 54.6 Å². The molecule has 2 N–H and O–H groups in total. The summed E-state index contributed by atoms with van der Waals surface area (Å²) >= 11 is 0. The maximum Gasteiger partial charge on any atom is 0.306 e. The molecular weight excluding hydrogens is 400 g/mol. The van der Waals surface area contributed by atoms with Crippen molar-refractivity contribution in [2.45, 2.75) is 19.4 Å². The molecule has 0 saturated carbocycles. The lowest BCUT2D eigenvalue weighted by molar-refractivity contribution is -0.140. The van der Waals surface area contributed by atoms with Crippen LogP contribution in [0.1, 0.15) is 17.5 Å². The third kappa shape index (κ3) is 5.56. The minimum atomic E-state index is -0.193. The molecule has 4 rings (SSSR count). The number of rotatable bonds is 10. The molecule has 0 atom stereocenters. The predicted octanol–water partition coefficient (Wildman–Crippen LogP) is 5.11. The van der Waals surface area contributed by atoms with Gasteiger partial charge in [0.2, 0.25) is 0 Å². The molecule has 4 aromatic rings. The van der Waals surface area contributed by atoms with Crippen molar-refractivity contribution >= 4 is 16.9 Å². The van der Waals surface area contributed by atoms with Crippen molar-refractivity contribution in [3.05, 3.63) is 90.1 Å². The Morgan fingerprint density at radius 2 is 1.72 bits per heavy atom. The minimum Gasteiger partial charge on any atom is -0.489 e. The summed E-state index contributed by atoms with van der Waals surface area (Å²) in [5.74, 6) is 0.658. The summed E-state index contributed by atoms with van der Waals surface area (Å²) < 4.78 is 10.7. The van der Waals surface area contributed by atoms with Gasteiger partial charge in [-0.2, -0.15) is 0 Å². The Bertz CT molecular complexity index is 1150. The Morgan fingerprint density at radius 1 is 0.938 bits per heavy atom. The summed E-state index contributed by atoms with van der Waals surface area (Å²) in [6.45, 7) is 1.94. The second kappa shape index (κ2) is 10.6. The minimum absolute atomic E-state index is 0.193. The molecule has 0 spiro atoms. The first-order valence-electron chi connectivity index (χ1n) is 10.9. The highest BCUT2D eigenvalue weighted by atomic mass is 16.5. The number of H-pyrrole nitrogens is 1. The number of carbonyl (C=O) groups is 1. The number of benzene rings is 3. The standard InChI is InChI=1S/C27H28N2O3/c1-31-27(30)14-16-28-15-13-23-18-29-26-12-11-24(17-25(23)26)32-19-20-7-9-22(10-8-20)21-5-3-2-4-6-21/h2-12,17-18,28-29H,13-16,19H2,1H3. The van der Waals surface area contributed by atoms with Gasteiger partial charge in [0.1, 0.15) is 12.4 Å². The molecule has 0 aliphatic rings. The molecule has 0 fully saturated rings. The number of carbonyl (C=O) groups excluding carboxylic acids is 1. The molecular formula is C27H28N2O3. The Labute approximate surface area is 188 Å². The van der Waals surface area contributed by atoms with Gasteiger partial charge < -0.3 is 19.8 Å². The van der Waals surface area contributed by atoms with Crippen LogP contribution in [0.2, 0.25) is 0 Å². The van der Waals surface area contributed by atoms with Crippen LogP contribution in [-0.2, 0) is 22.6 Å². The summed E-state index contributed by atoms with van der Waals surface area (Å²) in [6, 6.07) is 25.0. The smallest absolute Gasteiger partial charge is 0.306 e.